The van der Waals surface area contributed by atoms with Crippen molar-refractivity contribution in [3.05, 3.63) is 16.6 Å². The average Bonchev–Trinajstić information content (AvgIpc) is 2.99. The van der Waals surface area contributed by atoms with Crippen LogP contribution in [0, 0.1) is 0 Å². The van der Waals surface area contributed by atoms with Crippen LogP contribution in [0.25, 0.3) is 0 Å². The Morgan fingerprint density at radius 1 is 1.52 bits per heavy atom. The van der Waals surface area contributed by atoms with Crippen molar-refractivity contribution in [3.8, 4) is 0 Å². The van der Waals surface area contributed by atoms with E-state index in [0.717, 1.165) is 24.5 Å². The third-order valence-electron chi connectivity index (χ3n) is 3.68. The normalized spacial score (nSPS) is 18.0. The van der Waals surface area contributed by atoms with E-state index in [4.69, 9.17) is 4.74 Å². The van der Waals surface area contributed by atoms with Crippen molar-refractivity contribution >= 4 is 42.1 Å². The molecule has 0 aromatic carbocycles. The molecule has 1 atom stereocenters. The maximum Gasteiger partial charge on any atom is 0.252 e. The van der Waals surface area contributed by atoms with Crippen molar-refractivity contribution in [2.45, 2.75) is 37.8 Å². The number of hydrogen-bond donors (Lipinski definition) is 2. The smallest absolute Gasteiger partial charge is 0.252 e. The second-order valence-corrected chi connectivity index (χ2v) is 5.68. The lowest BCUT2D eigenvalue weighted by Crippen LogP contribution is -2.54. The van der Waals surface area contributed by atoms with Gasteiger partial charge in [-0.05, 0) is 32.4 Å². The molecule has 2 N–H and O–H groups in total. The van der Waals surface area contributed by atoms with Gasteiger partial charge < -0.3 is 15.4 Å². The summed E-state index contributed by atoms with van der Waals surface area (Å²) in [4.78, 5) is 16.8. The van der Waals surface area contributed by atoms with E-state index < -0.39 is 5.60 Å². The number of carbonyl (C=O) groups excluding carboxylic acids is 1. The zero-order chi connectivity index (χ0) is 13.7. The van der Waals surface area contributed by atoms with Gasteiger partial charge in [-0.3, -0.25) is 4.79 Å². The van der Waals surface area contributed by atoms with Gasteiger partial charge in [0.2, 0.25) is 0 Å². The third-order valence-corrected chi connectivity index (χ3v) is 4.57. The fourth-order valence-corrected chi connectivity index (χ4v) is 3.16. The minimum absolute atomic E-state index is 0. The molecule has 1 aliphatic rings. The first kappa shape index (κ1) is 20.6. The fraction of sp³-hybridized carbons (Fsp3) is 0.692. The van der Waals surface area contributed by atoms with Gasteiger partial charge in [-0.25, -0.2) is 4.98 Å². The molecular formula is C13H23Cl2N3O2S. The fourth-order valence-electron chi connectivity index (χ4n) is 2.39. The summed E-state index contributed by atoms with van der Waals surface area (Å²) >= 11 is 1.57. The molecule has 2 heterocycles. The predicted molar refractivity (Wildman–Crippen MR) is 89.6 cm³/mol. The Kier molecular flexibility index (Phi) is 9.40. The lowest BCUT2D eigenvalue weighted by atomic mass is 9.90. The first-order valence-electron chi connectivity index (χ1n) is 6.68. The molecule has 1 fully saturated rings. The van der Waals surface area contributed by atoms with Crippen molar-refractivity contribution in [1.29, 1.82) is 0 Å². The Bertz CT molecular complexity index is 412. The summed E-state index contributed by atoms with van der Waals surface area (Å²) in [5.41, 5.74) is -0.685. The van der Waals surface area contributed by atoms with Crippen LogP contribution < -0.4 is 10.6 Å². The number of rotatable bonds is 5. The van der Waals surface area contributed by atoms with Gasteiger partial charge in [0.25, 0.3) is 5.91 Å². The maximum atomic E-state index is 12.5. The quantitative estimate of drug-likeness (QED) is 0.850. The van der Waals surface area contributed by atoms with E-state index in [1.54, 1.807) is 24.6 Å². The highest BCUT2D eigenvalue weighted by Crippen LogP contribution is 2.25. The molecule has 1 aliphatic heterocycles. The lowest BCUT2D eigenvalue weighted by molar-refractivity contribution is -0.147. The molecule has 2 rings (SSSR count). The number of nitrogens with zero attached hydrogens (tertiary/aromatic N) is 1. The number of thiazole rings is 1. The van der Waals surface area contributed by atoms with Crippen LogP contribution in [0.3, 0.4) is 0 Å². The molecular weight excluding hydrogens is 333 g/mol. The zero-order valence-corrected chi connectivity index (χ0v) is 14.7. The number of carbonyl (C=O) groups is 1. The number of aromatic nitrogens is 1. The van der Waals surface area contributed by atoms with Crippen LogP contribution in [0.5, 0.6) is 0 Å². The van der Waals surface area contributed by atoms with Crippen LogP contribution in [-0.2, 0) is 9.53 Å². The Morgan fingerprint density at radius 2 is 2.19 bits per heavy atom. The van der Waals surface area contributed by atoms with Gasteiger partial charge in [0.1, 0.15) is 10.6 Å². The van der Waals surface area contributed by atoms with Gasteiger partial charge in [-0.1, -0.05) is 6.92 Å². The Morgan fingerprint density at radius 3 is 2.67 bits per heavy atom. The minimum Gasteiger partial charge on any atom is -0.368 e. The van der Waals surface area contributed by atoms with Crippen molar-refractivity contribution in [3.63, 3.8) is 0 Å². The van der Waals surface area contributed by atoms with Crippen LogP contribution in [0.4, 0.5) is 0 Å². The SMILES string of the molecule is CCC(NC(=O)C1(OC)CCNCC1)c1nccs1.Cl.Cl. The highest BCUT2D eigenvalue weighted by molar-refractivity contribution is 7.09. The Labute approximate surface area is 142 Å². The van der Waals surface area contributed by atoms with Gasteiger partial charge >= 0.3 is 0 Å². The van der Waals surface area contributed by atoms with Gasteiger partial charge in [-0.15, -0.1) is 36.2 Å². The molecule has 0 bridgehead atoms. The van der Waals surface area contributed by atoms with Crippen molar-refractivity contribution in [2.24, 2.45) is 0 Å². The zero-order valence-electron chi connectivity index (χ0n) is 12.3. The predicted octanol–water partition coefficient (Wildman–Crippen LogP) is 2.32. The van der Waals surface area contributed by atoms with E-state index in [2.05, 4.69) is 15.6 Å². The van der Waals surface area contributed by atoms with Gasteiger partial charge in [0.15, 0.2) is 0 Å². The number of amides is 1. The van der Waals surface area contributed by atoms with Gasteiger partial charge in [-0.2, -0.15) is 0 Å². The first-order chi connectivity index (χ1) is 9.22. The summed E-state index contributed by atoms with van der Waals surface area (Å²) in [6.07, 6.45) is 4.02. The van der Waals surface area contributed by atoms with Crippen LogP contribution in [0.15, 0.2) is 11.6 Å². The lowest BCUT2D eigenvalue weighted by Gasteiger charge is -2.35. The monoisotopic (exact) mass is 355 g/mol. The molecule has 0 saturated carbocycles. The number of methoxy groups -OCH3 is 1. The maximum absolute atomic E-state index is 12.5. The van der Waals surface area contributed by atoms with Crippen LogP contribution in [-0.4, -0.2) is 36.7 Å². The van der Waals surface area contributed by atoms with E-state index in [-0.39, 0.29) is 36.8 Å². The third kappa shape index (κ3) is 4.79. The minimum atomic E-state index is -0.685. The molecule has 1 aromatic rings. The summed E-state index contributed by atoms with van der Waals surface area (Å²) in [6, 6.07) is -0.0191. The molecule has 0 radical (unpaired) electrons. The molecule has 5 nitrogen and oxygen atoms in total. The molecule has 122 valence electrons. The summed E-state index contributed by atoms with van der Waals surface area (Å²) in [5.74, 6) is -0.0152. The number of piperidine rings is 1. The largest absolute Gasteiger partial charge is 0.368 e. The standard InChI is InChI=1S/C13H21N3O2S.2ClH/c1-3-10(11-15-8-9-19-11)16-12(17)13(18-2)4-6-14-7-5-13;;/h8-10,14H,3-7H2,1-2H3,(H,16,17);2*1H. The van der Waals surface area contributed by atoms with E-state index in [9.17, 15) is 4.79 Å². The second kappa shape index (κ2) is 9.58. The van der Waals surface area contributed by atoms with Crippen LogP contribution in [0.2, 0.25) is 0 Å². The van der Waals surface area contributed by atoms with E-state index in [0.29, 0.717) is 12.8 Å². The molecule has 1 amide bonds. The molecule has 1 saturated heterocycles. The summed E-state index contributed by atoms with van der Waals surface area (Å²) in [6.45, 7) is 3.68. The molecule has 21 heavy (non-hydrogen) atoms. The highest BCUT2D eigenvalue weighted by atomic mass is 35.5. The molecule has 0 aliphatic carbocycles. The van der Waals surface area contributed by atoms with Gasteiger partial charge in [0, 0.05) is 18.7 Å². The van der Waals surface area contributed by atoms with Crippen molar-refractivity contribution < 1.29 is 9.53 Å². The van der Waals surface area contributed by atoms with Crippen LogP contribution >= 0.6 is 36.2 Å². The first-order valence-corrected chi connectivity index (χ1v) is 7.56. The van der Waals surface area contributed by atoms with Crippen LogP contribution in [0.1, 0.15) is 37.2 Å². The summed E-state index contributed by atoms with van der Waals surface area (Å²) in [7, 11) is 1.62. The Hall–Kier alpha value is -0.400. The van der Waals surface area contributed by atoms with Crippen molar-refractivity contribution in [2.75, 3.05) is 20.2 Å². The molecule has 1 unspecified atom stereocenters. The Balaban J connectivity index is 0.00000200. The topological polar surface area (TPSA) is 63.2 Å². The van der Waals surface area contributed by atoms with Gasteiger partial charge in [0.05, 0.1) is 6.04 Å². The average molecular weight is 356 g/mol. The second-order valence-electron chi connectivity index (χ2n) is 4.75. The molecule has 0 spiro atoms. The number of halogens is 2. The summed E-state index contributed by atoms with van der Waals surface area (Å²) in [5, 5.41) is 9.23. The number of hydrogen-bond acceptors (Lipinski definition) is 5. The molecule has 1 aromatic heterocycles. The number of nitrogens with one attached hydrogen (secondary N) is 2. The van der Waals surface area contributed by atoms with Crippen molar-refractivity contribution in [1.82, 2.24) is 15.6 Å². The molecule has 8 heteroatoms. The number of ether oxygens (including phenoxy) is 1. The highest BCUT2D eigenvalue weighted by Gasteiger charge is 2.40. The van der Waals surface area contributed by atoms with E-state index in [1.807, 2.05) is 12.3 Å². The van der Waals surface area contributed by atoms with E-state index >= 15 is 0 Å². The summed E-state index contributed by atoms with van der Waals surface area (Å²) < 4.78 is 5.53. The van der Waals surface area contributed by atoms with E-state index in [1.165, 1.54) is 0 Å².